The highest BCUT2D eigenvalue weighted by molar-refractivity contribution is 5.93. The number of hydrogen-bond acceptors (Lipinski definition) is 4. The highest BCUT2D eigenvalue weighted by Crippen LogP contribution is 2.13. The third kappa shape index (κ3) is 3.17. The van der Waals surface area contributed by atoms with E-state index in [-0.39, 0.29) is 11.5 Å². The van der Waals surface area contributed by atoms with Crippen molar-refractivity contribution in [1.29, 1.82) is 0 Å². The second kappa shape index (κ2) is 5.92. The Hall–Kier alpha value is -2.76. The third-order valence-corrected chi connectivity index (χ3v) is 2.63. The molecule has 0 saturated heterocycles. The zero-order valence-corrected chi connectivity index (χ0v) is 10.8. The van der Waals surface area contributed by atoms with Crippen molar-refractivity contribution in [2.75, 3.05) is 7.11 Å². The second-order valence-electron chi connectivity index (χ2n) is 4.00. The number of nitrogens with one attached hydrogen (secondary N) is 1. The number of rotatable bonds is 5. The van der Waals surface area contributed by atoms with E-state index in [1.54, 1.807) is 19.2 Å². The SMILES string of the molecule is COc1cccc(CNC(=O)c2ccc(C(=O)O)o2)c1. The Balaban J connectivity index is 1.98. The van der Waals surface area contributed by atoms with E-state index < -0.39 is 11.9 Å². The van der Waals surface area contributed by atoms with Gasteiger partial charge in [0.25, 0.3) is 5.91 Å². The van der Waals surface area contributed by atoms with Crippen LogP contribution in [0.1, 0.15) is 26.7 Å². The minimum Gasteiger partial charge on any atom is -0.497 e. The lowest BCUT2D eigenvalue weighted by atomic mass is 10.2. The Morgan fingerprint density at radius 3 is 2.65 bits per heavy atom. The quantitative estimate of drug-likeness (QED) is 0.870. The van der Waals surface area contributed by atoms with Gasteiger partial charge in [-0.05, 0) is 29.8 Å². The monoisotopic (exact) mass is 275 g/mol. The average molecular weight is 275 g/mol. The molecule has 0 aliphatic carbocycles. The topological polar surface area (TPSA) is 88.8 Å². The van der Waals surface area contributed by atoms with Crippen molar-refractivity contribution in [3.8, 4) is 5.75 Å². The van der Waals surface area contributed by atoms with Gasteiger partial charge in [-0.3, -0.25) is 4.79 Å². The van der Waals surface area contributed by atoms with Crippen molar-refractivity contribution in [3.63, 3.8) is 0 Å². The Kier molecular flexibility index (Phi) is 4.05. The smallest absolute Gasteiger partial charge is 0.371 e. The van der Waals surface area contributed by atoms with Gasteiger partial charge in [-0.25, -0.2) is 4.79 Å². The van der Waals surface area contributed by atoms with Gasteiger partial charge in [0.15, 0.2) is 5.76 Å². The Bertz CT molecular complexity index is 632. The van der Waals surface area contributed by atoms with Crippen LogP contribution in [0, 0.1) is 0 Å². The van der Waals surface area contributed by atoms with Crippen molar-refractivity contribution in [3.05, 3.63) is 53.5 Å². The van der Waals surface area contributed by atoms with E-state index in [4.69, 9.17) is 14.3 Å². The number of benzene rings is 1. The van der Waals surface area contributed by atoms with E-state index in [2.05, 4.69) is 5.32 Å². The molecule has 0 radical (unpaired) electrons. The zero-order valence-electron chi connectivity index (χ0n) is 10.8. The minimum absolute atomic E-state index is 0.0368. The summed E-state index contributed by atoms with van der Waals surface area (Å²) in [5.41, 5.74) is 0.864. The predicted molar refractivity (Wildman–Crippen MR) is 69.8 cm³/mol. The molecule has 2 rings (SSSR count). The maximum absolute atomic E-state index is 11.8. The first kappa shape index (κ1) is 13.7. The highest BCUT2D eigenvalue weighted by Gasteiger charge is 2.14. The fourth-order valence-corrected chi connectivity index (χ4v) is 1.63. The van der Waals surface area contributed by atoms with E-state index >= 15 is 0 Å². The molecule has 1 amide bonds. The number of hydrogen-bond donors (Lipinski definition) is 2. The Labute approximate surface area is 115 Å². The largest absolute Gasteiger partial charge is 0.497 e. The molecule has 0 spiro atoms. The molecule has 2 N–H and O–H groups in total. The van der Waals surface area contributed by atoms with Crippen LogP contribution < -0.4 is 10.1 Å². The van der Waals surface area contributed by atoms with Crippen molar-refractivity contribution in [2.45, 2.75) is 6.54 Å². The summed E-state index contributed by atoms with van der Waals surface area (Å²) in [6.07, 6.45) is 0. The molecule has 0 aliphatic rings. The Morgan fingerprint density at radius 2 is 2.00 bits per heavy atom. The fraction of sp³-hybridized carbons (Fsp3) is 0.143. The molecule has 0 saturated carbocycles. The molecule has 1 heterocycles. The lowest BCUT2D eigenvalue weighted by molar-refractivity contribution is 0.0659. The summed E-state index contributed by atoms with van der Waals surface area (Å²) in [5, 5.41) is 11.3. The Morgan fingerprint density at radius 1 is 1.25 bits per heavy atom. The summed E-state index contributed by atoms with van der Waals surface area (Å²) in [6, 6.07) is 9.82. The standard InChI is InChI=1S/C14H13NO5/c1-19-10-4-2-3-9(7-10)8-15-13(16)11-5-6-12(20-11)14(17)18/h2-7H,8H2,1H3,(H,15,16)(H,17,18). The summed E-state index contributed by atoms with van der Waals surface area (Å²) in [6.45, 7) is 0.291. The maximum atomic E-state index is 11.8. The van der Waals surface area contributed by atoms with E-state index in [0.29, 0.717) is 12.3 Å². The molecule has 1 aromatic heterocycles. The van der Waals surface area contributed by atoms with Crippen LogP contribution in [0.4, 0.5) is 0 Å². The summed E-state index contributed by atoms with van der Waals surface area (Å²) in [4.78, 5) is 22.4. The molecule has 0 atom stereocenters. The van der Waals surface area contributed by atoms with E-state index in [0.717, 1.165) is 5.56 Å². The molecular weight excluding hydrogens is 262 g/mol. The van der Waals surface area contributed by atoms with Crippen LogP contribution in [0.15, 0.2) is 40.8 Å². The van der Waals surface area contributed by atoms with Crippen LogP contribution in [0.5, 0.6) is 5.75 Å². The van der Waals surface area contributed by atoms with Crippen LogP contribution in [0.3, 0.4) is 0 Å². The predicted octanol–water partition coefficient (Wildman–Crippen LogP) is 1.92. The van der Waals surface area contributed by atoms with Crippen molar-refractivity contribution in [1.82, 2.24) is 5.32 Å². The number of methoxy groups -OCH3 is 1. The van der Waals surface area contributed by atoms with Gasteiger partial charge >= 0.3 is 5.97 Å². The zero-order chi connectivity index (χ0) is 14.5. The number of carboxylic acid groups (broad SMARTS) is 1. The maximum Gasteiger partial charge on any atom is 0.371 e. The fourth-order valence-electron chi connectivity index (χ4n) is 1.63. The van der Waals surface area contributed by atoms with Gasteiger partial charge in [-0.15, -0.1) is 0 Å². The molecule has 6 nitrogen and oxygen atoms in total. The second-order valence-corrected chi connectivity index (χ2v) is 4.00. The van der Waals surface area contributed by atoms with Crippen molar-refractivity contribution >= 4 is 11.9 Å². The minimum atomic E-state index is -1.21. The van der Waals surface area contributed by atoms with Gasteiger partial charge in [0.1, 0.15) is 5.75 Å². The first-order valence-corrected chi connectivity index (χ1v) is 5.84. The van der Waals surface area contributed by atoms with Gasteiger partial charge in [0.05, 0.1) is 7.11 Å². The molecule has 20 heavy (non-hydrogen) atoms. The van der Waals surface area contributed by atoms with Gasteiger partial charge < -0.3 is 19.6 Å². The molecule has 0 fully saturated rings. The number of amides is 1. The molecule has 2 aromatic rings. The number of ether oxygens (including phenoxy) is 1. The van der Waals surface area contributed by atoms with Crippen LogP contribution in [0.2, 0.25) is 0 Å². The average Bonchev–Trinajstić information content (AvgIpc) is 2.95. The lowest BCUT2D eigenvalue weighted by Crippen LogP contribution is -2.22. The van der Waals surface area contributed by atoms with Crippen LogP contribution in [0.25, 0.3) is 0 Å². The van der Waals surface area contributed by atoms with Gasteiger partial charge in [-0.1, -0.05) is 12.1 Å². The molecular formula is C14H13NO5. The normalized spacial score (nSPS) is 10.1. The molecule has 1 aromatic carbocycles. The van der Waals surface area contributed by atoms with Crippen LogP contribution in [-0.2, 0) is 6.54 Å². The number of aromatic carboxylic acids is 1. The van der Waals surface area contributed by atoms with Crippen LogP contribution >= 0.6 is 0 Å². The summed E-state index contributed by atoms with van der Waals surface area (Å²) in [5.74, 6) is -1.29. The van der Waals surface area contributed by atoms with E-state index in [9.17, 15) is 9.59 Å². The number of carboxylic acids is 1. The first-order chi connectivity index (χ1) is 9.60. The molecule has 0 unspecified atom stereocenters. The molecule has 6 heteroatoms. The number of carbonyl (C=O) groups is 2. The van der Waals surface area contributed by atoms with Gasteiger partial charge in [-0.2, -0.15) is 0 Å². The molecule has 0 aliphatic heterocycles. The summed E-state index contributed by atoms with van der Waals surface area (Å²) >= 11 is 0. The third-order valence-electron chi connectivity index (χ3n) is 2.63. The summed E-state index contributed by atoms with van der Waals surface area (Å²) < 4.78 is 9.98. The van der Waals surface area contributed by atoms with E-state index in [1.165, 1.54) is 12.1 Å². The first-order valence-electron chi connectivity index (χ1n) is 5.84. The lowest BCUT2D eigenvalue weighted by Gasteiger charge is -2.05. The van der Waals surface area contributed by atoms with Gasteiger partial charge in [0, 0.05) is 6.54 Å². The van der Waals surface area contributed by atoms with Gasteiger partial charge in [0.2, 0.25) is 5.76 Å². The molecule has 0 bridgehead atoms. The molecule has 104 valence electrons. The number of carbonyl (C=O) groups excluding carboxylic acids is 1. The van der Waals surface area contributed by atoms with E-state index in [1.807, 2.05) is 12.1 Å². The number of furan rings is 1. The van der Waals surface area contributed by atoms with Crippen LogP contribution in [-0.4, -0.2) is 24.1 Å². The van der Waals surface area contributed by atoms with Crippen molar-refractivity contribution < 1.29 is 23.8 Å². The highest BCUT2D eigenvalue weighted by atomic mass is 16.5. The van der Waals surface area contributed by atoms with Crippen molar-refractivity contribution in [2.24, 2.45) is 0 Å². The summed E-state index contributed by atoms with van der Waals surface area (Å²) in [7, 11) is 1.56.